The largest absolute Gasteiger partial charge is 0.497 e. The minimum atomic E-state index is 0.404. The Labute approximate surface area is 152 Å². The topological polar surface area (TPSA) is 65.6 Å². The van der Waals surface area contributed by atoms with E-state index in [1.165, 1.54) is 0 Å². The van der Waals surface area contributed by atoms with Crippen molar-refractivity contribution < 1.29 is 4.74 Å². The molecular weight excluding hydrogens is 326 g/mol. The summed E-state index contributed by atoms with van der Waals surface area (Å²) < 4.78 is 7.14. The highest BCUT2D eigenvalue weighted by atomic mass is 16.5. The van der Waals surface area contributed by atoms with Gasteiger partial charge in [-0.05, 0) is 37.1 Å². The quantitative estimate of drug-likeness (QED) is 0.784. The summed E-state index contributed by atoms with van der Waals surface area (Å²) in [5.74, 6) is 1.65. The van der Waals surface area contributed by atoms with E-state index in [4.69, 9.17) is 4.74 Å². The molecule has 0 bridgehead atoms. The number of piperidine rings is 1. The van der Waals surface area contributed by atoms with Gasteiger partial charge in [0.05, 0.1) is 7.11 Å². The lowest BCUT2D eigenvalue weighted by Gasteiger charge is -2.33. The fourth-order valence-corrected chi connectivity index (χ4v) is 3.49. The Hall–Kier alpha value is -3.20. The minimum absolute atomic E-state index is 0.404. The maximum Gasteiger partial charge on any atom is 0.169 e. The van der Waals surface area contributed by atoms with Gasteiger partial charge in [0, 0.05) is 37.1 Å². The van der Waals surface area contributed by atoms with Crippen LogP contribution in [0.1, 0.15) is 18.5 Å². The number of fused-ring (bicyclic) bond motifs is 1. The van der Waals surface area contributed by atoms with Crippen LogP contribution in [0.3, 0.4) is 0 Å². The number of nitriles is 1. The highest BCUT2D eigenvalue weighted by Gasteiger charge is 2.24. The third-order valence-corrected chi connectivity index (χ3v) is 4.85. The van der Waals surface area contributed by atoms with Crippen molar-refractivity contribution in [2.75, 3.05) is 30.4 Å². The Morgan fingerprint density at radius 2 is 2.04 bits per heavy atom. The summed E-state index contributed by atoms with van der Waals surface area (Å²) in [5.41, 5.74) is 2.50. The smallest absolute Gasteiger partial charge is 0.169 e. The van der Waals surface area contributed by atoms with Crippen LogP contribution in [-0.2, 0) is 0 Å². The molecule has 3 aromatic rings. The fraction of sp³-hybridized carbons (Fsp3) is 0.300. The number of anilines is 2. The molecule has 1 aliphatic heterocycles. The van der Waals surface area contributed by atoms with Crippen molar-refractivity contribution in [2.24, 2.45) is 0 Å². The van der Waals surface area contributed by atoms with Gasteiger partial charge in [0.15, 0.2) is 11.5 Å². The van der Waals surface area contributed by atoms with E-state index in [1.807, 2.05) is 47.0 Å². The molecule has 132 valence electrons. The van der Waals surface area contributed by atoms with E-state index in [0.29, 0.717) is 11.7 Å². The third kappa shape index (κ3) is 3.04. The van der Waals surface area contributed by atoms with Gasteiger partial charge in [-0.25, -0.2) is 4.98 Å². The molecule has 6 heteroatoms. The molecule has 4 rings (SSSR count). The SMILES string of the molecule is COc1cccc(NC2CCN(c3nc4ccccn4c3C#N)CC2)c1. The number of hydrogen-bond donors (Lipinski definition) is 1. The summed E-state index contributed by atoms with van der Waals surface area (Å²) >= 11 is 0. The molecule has 3 heterocycles. The summed E-state index contributed by atoms with van der Waals surface area (Å²) in [5, 5.41) is 13.2. The van der Waals surface area contributed by atoms with Crippen LogP contribution >= 0.6 is 0 Å². The first-order valence-corrected chi connectivity index (χ1v) is 8.81. The predicted molar refractivity (Wildman–Crippen MR) is 102 cm³/mol. The maximum absolute atomic E-state index is 9.57. The Bertz CT molecular complexity index is 950. The standard InChI is InChI=1S/C20H21N5O/c1-26-17-6-4-5-16(13-17)22-15-8-11-24(12-9-15)20-18(14-21)25-10-3-2-7-19(25)23-20/h2-7,10,13,15,22H,8-9,11-12H2,1H3. The second-order valence-electron chi connectivity index (χ2n) is 6.46. The normalized spacial score (nSPS) is 15.0. The number of aromatic nitrogens is 2. The number of benzene rings is 1. The number of ether oxygens (including phenoxy) is 1. The van der Waals surface area contributed by atoms with Crippen molar-refractivity contribution in [1.29, 1.82) is 5.26 Å². The van der Waals surface area contributed by atoms with Crippen molar-refractivity contribution in [3.63, 3.8) is 0 Å². The van der Waals surface area contributed by atoms with Gasteiger partial charge in [0.1, 0.15) is 17.5 Å². The molecular formula is C20H21N5O. The molecule has 1 N–H and O–H groups in total. The second kappa shape index (κ2) is 6.96. The number of hydrogen-bond acceptors (Lipinski definition) is 5. The molecule has 1 aliphatic rings. The van der Waals surface area contributed by atoms with E-state index < -0.39 is 0 Å². The van der Waals surface area contributed by atoms with Crippen LogP contribution in [0.15, 0.2) is 48.7 Å². The van der Waals surface area contributed by atoms with Crippen molar-refractivity contribution in [3.8, 4) is 11.8 Å². The zero-order valence-corrected chi connectivity index (χ0v) is 14.7. The maximum atomic E-state index is 9.57. The summed E-state index contributed by atoms with van der Waals surface area (Å²) in [7, 11) is 1.68. The molecule has 0 aliphatic carbocycles. The minimum Gasteiger partial charge on any atom is -0.497 e. The van der Waals surface area contributed by atoms with Gasteiger partial charge < -0.3 is 15.0 Å². The van der Waals surface area contributed by atoms with Crippen molar-refractivity contribution in [2.45, 2.75) is 18.9 Å². The summed E-state index contributed by atoms with van der Waals surface area (Å²) in [6.45, 7) is 1.75. The van der Waals surface area contributed by atoms with Gasteiger partial charge in [-0.1, -0.05) is 12.1 Å². The number of methoxy groups -OCH3 is 1. The van der Waals surface area contributed by atoms with Crippen molar-refractivity contribution in [1.82, 2.24) is 9.38 Å². The first-order valence-electron chi connectivity index (χ1n) is 8.81. The van der Waals surface area contributed by atoms with Gasteiger partial charge >= 0.3 is 0 Å². The van der Waals surface area contributed by atoms with Crippen molar-refractivity contribution >= 4 is 17.2 Å². The van der Waals surface area contributed by atoms with Gasteiger partial charge in [0.25, 0.3) is 0 Å². The number of pyridine rings is 1. The predicted octanol–water partition coefficient (Wildman–Crippen LogP) is 3.30. The molecule has 1 saturated heterocycles. The second-order valence-corrected chi connectivity index (χ2v) is 6.46. The van der Waals surface area contributed by atoms with Crippen LogP contribution in [0.5, 0.6) is 5.75 Å². The molecule has 1 fully saturated rings. The van der Waals surface area contributed by atoms with E-state index >= 15 is 0 Å². The Morgan fingerprint density at radius 3 is 2.81 bits per heavy atom. The number of rotatable bonds is 4. The fourth-order valence-electron chi connectivity index (χ4n) is 3.49. The first kappa shape index (κ1) is 16.3. The van der Waals surface area contributed by atoms with E-state index in [-0.39, 0.29) is 0 Å². The zero-order chi connectivity index (χ0) is 17.9. The van der Waals surface area contributed by atoms with Gasteiger partial charge in [0.2, 0.25) is 0 Å². The average molecular weight is 347 g/mol. The summed E-state index contributed by atoms with van der Waals surface area (Å²) in [6.07, 6.45) is 3.88. The molecule has 0 unspecified atom stereocenters. The number of nitrogens with one attached hydrogen (secondary N) is 1. The lowest BCUT2D eigenvalue weighted by Crippen LogP contribution is -2.39. The first-order chi connectivity index (χ1) is 12.8. The molecule has 0 atom stereocenters. The summed E-state index contributed by atoms with van der Waals surface area (Å²) in [6, 6.07) is 16.5. The molecule has 6 nitrogen and oxygen atoms in total. The van der Waals surface area contributed by atoms with Crippen LogP contribution in [0.4, 0.5) is 11.5 Å². The molecule has 1 aromatic carbocycles. The van der Waals surface area contributed by atoms with E-state index in [0.717, 1.165) is 48.8 Å². The van der Waals surface area contributed by atoms with E-state index in [2.05, 4.69) is 27.3 Å². The highest BCUT2D eigenvalue weighted by Crippen LogP contribution is 2.26. The van der Waals surface area contributed by atoms with E-state index in [9.17, 15) is 5.26 Å². The lowest BCUT2D eigenvalue weighted by atomic mass is 10.0. The molecule has 26 heavy (non-hydrogen) atoms. The summed E-state index contributed by atoms with van der Waals surface area (Å²) in [4.78, 5) is 6.89. The molecule has 0 spiro atoms. The molecule has 0 saturated carbocycles. The van der Waals surface area contributed by atoms with Crippen molar-refractivity contribution in [3.05, 3.63) is 54.4 Å². The third-order valence-electron chi connectivity index (χ3n) is 4.85. The van der Waals surface area contributed by atoms with Gasteiger partial charge in [-0.3, -0.25) is 4.40 Å². The van der Waals surface area contributed by atoms with E-state index in [1.54, 1.807) is 7.11 Å². The van der Waals surface area contributed by atoms with Gasteiger partial charge in [-0.15, -0.1) is 0 Å². The number of nitrogens with zero attached hydrogens (tertiary/aromatic N) is 4. The Morgan fingerprint density at radius 1 is 1.19 bits per heavy atom. The highest BCUT2D eigenvalue weighted by molar-refractivity contribution is 5.60. The van der Waals surface area contributed by atoms with Crippen LogP contribution in [-0.4, -0.2) is 35.6 Å². The molecule has 2 aromatic heterocycles. The Balaban J connectivity index is 1.46. The Kier molecular flexibility index (Phi) is 4.36. The van der Waals surface area contributed by atoms with Gasteiger partial charge in [-0.2, -0.15) is 5.26 Å². The molecule has 0 radical (unpaired) electrons. The monoisotopic (exact) mass is 347 g/mol. The number of imidazole rings is 1. The van der Waals surface area contributed by atoms with Crippen LogP contribution in [0.25, 0.3) is 5.65 Å². The zero-order valence-electron chi connectivity index (χ0n) is 14.7. The van der Waals surface area contributed by atoms with Crippen LogP contribution in [0.2, 0.25) is 0 Å². The van der Waals surface area contributed by atoms with Crippen LogP contribution in [0, 0.1) is 11.3 Å². The molecule has 0 amide bonds. The van der Waals surface area contributed by atoms with Crippen LogP contribution < -0.4 is 15.0 Å². The average Bonchev–Trinajstić information content (AvgIpc) is 3.07. The lowest BCUT2D eigenvalue weighted by molar-refractivity contribution is 0.415.